The van der Waals surface area contributed by atoms with Crippen LogP contribution in [-0.2, 0) is 22.4 Å². The second kappa shape index (κ2) is 8.03. The van der Waals surface area contributed by atoms with Crippen molar-refractivity contribution in [2.75, 3.05) is 13.1 Å². The Hall–Kier alpha value is -1.84. The number of piperidine rings is 1. The summed E-state index contributed by atoms with van der Waals surface area (Å²) in [7, 11) is 0. The van der Waals surface area contributed by atoms with E-state index in [4.69, 9.17) is 0 Å². The van der Waals surface area contributed by atoms with E-state index in [1.807, 2.05) is 4.90 Å². The zero-order valence-corrected chi connectivity index (χ0v) is 15.5. The Kier molecular flexibility index (Phi) is 5.77. The van der Waals surface area contributed by atoms with Crippen LogP contribution in [0.15, 0.2) is 18.2 Å². The van der Waals surface area contributed by atoms with Gasteiger partial charge in [0, 0.05) is 25.9 Å². The van der Waals surface area contributed by atoms with Gasteiger partial charge in [0.2, 0.25) is 11.8 Å². The van der Waals surface area contributed by atoms with E-state index in [0.29, 0.717) is 13.1 Å². The number of nitrogens with zero attached hydrogens (tertiary/aromatic N) is 1. The first-order valence-electron chi connectivity index (χ1n) is 9.76. The fourth-order valence-electron chi connectivity index (χ4n) is 4.14. The first-order valence-corrected chi connectivity index (χ1v) is 9.76. The van der Waals surface area contributed by atoms with Crippen LogP contribution < -0.4 is 5.32 Å². The molecule has 25 heavy (non-hydrogen) atoms. The van der Waals surface area contributed by atoms with Gasteiger partial charge in [-0.05, 0) is 61.6 Å². The molecule has 1 unspecified atom stereocenters. The van der Waals surface area contributed by atoms with Crippen LogP contribution in [-0.4, -0.2) is 29.8 Å². The van der Waals surface area contributed by atoms with Crippen LogP contribution in [0.4, 0.5) is 0 Å². The third kappa shape index (κ3) is 4.23. The van der Waals surface area contributed by atoms with Crippen LogP contribution >= 0.6 is 0 Å². The van der Waals surface area contributed by atoms with E-state index >= 15 is 0 Å². The molecule has 136 valence electrons. The van der Waals surface area contributed by atoms with Crippen molar-refractivity contribution in [3.05, 3.63) is 34.9 Å². The lowest BCUT2D eigenvalue weighted by Crippen LogP contribution is -2.43. The summed E-state index contributed by atoms with van der Waals surface area (Å²) in [5.74, 6) is 0.286. The average molecular weight is 342 g/mol. The molecule has 1 atom stereocenters. The molecule has 4 heteroatoms. The monoisotopic (exact) mass is 342 g/mol. The quantitative estimate of drug-likeness (QED) is 0.912. The lowest BCUT2D eigenvalue weighted by atomic mass is 9.88. The number of aryl methyl sites for hydroxylation is 2. The van der Waals surface area contributed by atoms with Crippen LogP contribution in [0.1, 0.15) is 68.7 Å². The van der Waals surface area contributed by atoms with Gasteiger partial charge in [0.25, 0.3) is 0 Å². The molecule has 1 aliphatic carbocycles. The number of hydrogen-bond acceptors (Lipinski definition) is 2. The van der Waals surface area contributed by atoms with E-state index in [9.17, 15) is 9.59 Å². The van der Waals surface area contributed by atoms with Gasteiger partial charge in [-0.25, -0.2) is 0 Å². The summed E-state index contributed by atoms with van der Waals surface area (Å²) in [5, 5.41) is 3.26. The number of nitrogens with one attached hydrogen (secondary N) is 1. The zero-order valence-electron chi connectivity index (χ0n) is 15.5. The van der Waals surface area contributed by atoms with Crippen LogP contribution in [0.2, 0.25) is 0 Å². The number of amides is 2. The molecular weight excluding hydrogens is 312 g/mol. The van der Waals surface area contributed by atoms with Gasteiger partial charge in [-0.2, -0.15) is 0 Å². The fraction of sp³-hybridized carbons (Fsp3) is 0.619. The molecule has 1 aromatic carbocycles. The second-order valence-corrected chi connectivity index (χ2v) is 7.49. The largest absolute Gasteiger partial charge is 0.349 e. The van der Waals surface area contributed by atoms with Crippen LogP contribution in [0.5, 0.6) is 0 Å². The Morgan fingerprint density at radius 1 is 1.16 bits per heavy atom. The molecule has 1 aromatic rings. The number of carbonyl (C=O) groups is 2. The molecule has 1 N–H and O–H groups in total. The number of fused-ring (bicyclic) bond motifs is 1. The molecule has 1 aliphatic heterocycles. The van der Waals surface area contributed by atoms with Gasteiger partial charge < -0.3 is 10.2 Å². The number of carbonyl (C=O) groups excluding carboxylic acids is 2. The van der Waals surface area contributed by atoms with Gasteiger partial charge in [-0.1, -0.05) is 25.1 Å². The van der Waals surface area contributed by atoms with Crippen molar-refractivity contribution in [2.45, 2.75) is 64.8 Å². The first kappa shape index (κ1) is 18.0. The summed E-state index contributed by atoms with van der Waals surface area (Å²) in [6.07, 6.45) is 7.35. The van der Waals surface area contributed by atoms with Crippen LogP contribution in [0.3, 0.4) is 0 Å². The molecule has 2 aliphatic rings. The van der Waals surface area contributed by atoms with Gasteiger partial charge in [0.1, 0.15) is 0 Å². The molecule has 0 saturated carbocycles. The molecule has 1 fully saturated rings. The number of benzene rings is 1. The molecule has 2 amide bonds. The highest BCUT2D eigenvalue weighted by atomic mass is 16.2. The Bertz CT molecular complexity index is 633. The minimum absolute atomic E-state index is 0.0299. The summed E-state index contributed by atoms with van der Waals surface area (Å²) >= 11 is 0. The smallest absolute Gasteiger partial charge is 0.223 e. The maximum atomic E-state index is 12.7. The highest BCUT2D eigenvalue weighted by Gasteiger charge is 2.27. The van der Waals surface area contributed by atoms with E-state index in [-0.39, 0.29) is 23.8 Å². The third-order valence-corrected chi connectivity index (χ3v) is 5.81. The van der Waals surface area contributed by atoms with Crippen molar-refractivity contribution >= 4 is 11.8 Å². The lowest BCUT2D eigenvalue weighted by molar-refractivity contribution is -0.134. The Balaban J connectivity index is 1.62. The highest BCUT2D eigenvalue weighted by molar-refractivity contribution is 5.80. The summed E-state index contributed by atoms with van der Waals surface area (Å²) in [6.45, 7) is 5.12. The van der Waals surface area contributed by atoms with E-state index in [1.54, 1.807) is 6.92 Å². The SMILES string of the molecule is CCC(NC(=O)C1CCN(C(C)=O)CC1)c1ccc2c(c1)CCCC2. The second-order valence-electron chi connectivity index (χ2n) is 7.49. The molecule has 0 radical (unpaired) electrons. The fourth-order valence-corrected chi connectivity index (χ4v) is 4.14. The van der Waals surface area contributed by atoms with Crippen molar-refractivity contribution in [2.24, 2.45) is 5.92 Å². The van der Waals surface area contributed by atoms with Crippen molar-refractivity contribution in [3.8, 4) is 0 Å². The maximum Gasteiger partial charge on any atom is 0.223 e. The molecule has 1 heterocycles. The molecule has 3 rings (SSSR count). The van der Waals surface area contributed by atoms with Crippen LogP contribution in [0, 0.1) is 5.92 Å². The summed E-state index contributed by atoms with van der Waals surface area (Å²) in [5.41, 5.74) is 4.18. The molecule has 0 aromatic heterocycles. The number of likely N-dealkylation sites (tertiary alicyclic amines) is 1. The molecule has 0 spiro atoms. The summed E-state index contributed by atoms with van der Waals surface area (Å²) < 4.78 is 0. The number of rotatable bonds is 4. The standard InChI is InChI=1S/C21H30N2O2/c1-3-20(19-9-8-16-6-4-5-7-18(16)14-19)22-21(25)17-10-12-23(13-11-17)15(2)24/h8-9,14,17,20H,3-7,10-13H2,1-2H3,(H,22,25). The van der Waals surface area contributed by atoms with E-state index in [0.717, 1.165) is 25.7 Å². The minimum atomic E-state index is 0.0299. The van der Waals surface area contributed by atoms with Crippen molar-refractivity contribution in [1.82, 2.24) is 10.2 Å². The van der Waals surface area contributed by atoms with E-state index in [2.05, 4.69) is 30.4 Å². The van der Waals surface area contributed by atoms with Gasteiger partial charge in [0.15, 0.2) is 0 Å². The highest BCUT2D eigenvalue weighted by Crippen LogP contribution is 2.27. The predicted octanol–water partition coefficient (Wildman–Crippen LogP) is 3.39. The molecular formula is C21H30N2O2. The number of hydrogen-bond donors (Lipinski definition) is 1. The topological polar surface area (TPSA) is 49.4 Å². The van der Waals surface area contributed by atoms with Gasteiger partial charge in [0.05, 0.1) is 6.04 Å². The predicted molar refractivity (Wildman–Crippen MR) is 99.2 cm³/mol. The zero-order chi connectivity index (χ0) is 17.8. The van der Waals surface area contributed by atoms with E-state index in [1.165, 1.54) is 36.0 Å². The van der Waals surface area contributed by atoms with Gasteiger partial charge in [-0.15, -0.1) is 0 Å². The van der Waals surface area contributed by atoms with Crippen molar-refractivity contribution in [1.29, 1.82) is 0 Å². The molecule has 1 saturated heterocycles. The Morgan fingerprint density at radius 3 is 2.48 bits per heavy atom. The summed E-state index contributed by atoms with van der Waals surface area (Å²) in [6, 6.07) is 6.84. The van der Waals surface area contributed by atoms with Crippen molar-refractivity contribution < 1.29 is 9.59 Å². The molecule has 0 bridgehead atoms. The van der Waals surface area contributed by atoms with E-state index < -0.39 is 0 Å². The maximum absolute atomic E-state index is 12.7. The van der Waals surface area contributed by atoms with Gasteiger partial charge in [-0.3, -0.25) is 9.59 Å². The normalized spacial score (nSPS) is 19.2. The third-order valence-electron chi connectivity index (χ3n) is 5.81. The van der Waals surface area contributed by atoms with Crippen molar-refractivity contribution in [3.63, 3.8) is 0 Å². The lowest BCUT2D eigenvalue weighted by Gasteiger charge is -2.31. The first-order chi connectivity index (χ1) is 12.1. The molecule has 4 nitrogen and oxygen atoms in total. The summed E-state index contributed by atoms with van der Waals surface area (Å²) in [4.78, 5) is 26.0. The Morgan fingerprint density at radius 2 is 1.84 bits per heavy atom. The van der Waals surface area contributed by atoms with Gasteiger partial charge >= 0.3 is 0 Å². The van der Waals surface area contributed by atoms with Crippen LogP contribution in [0.25, 0.3) is 0 Å². The minimum Gasteiger partial charge on any atom is -0.349 e. The average Bonchev–Trinajstić information content (AvgIpc) is 2.65. The Labute approximate surface area is 151 Å².